The van der Waals surface area contributed by atoms with E-state index in [2.05, 4.69) is 9.71 Å². The molecule has 1 atom stereocenters. The van der Waals surface area contributed by atoms with E-state index in [4.69, 9.17) is 0 Å². The monoisotopic (exact) mass is 278 g/mol. The Bertz CT molecular complexity index is 663. The lowest BCUT2D eigenvalue weighted by Gasteiger charge is -2.12. The first-order chi connectivity index (χ1) is 9.04. The lowest BCUT2D eigenvalue weighted by atomic mass is 10.1. The number of hydrogen-bond donors (Lipinski definition) is 1. The normalized spacial score (nSPS) is 13.6. The molecule has 0 bridgehead atoms. The number of nitrogens with zero attached hydrogens (tertiary/aromatic N) is 1. The molecule has 4 nitrogen and oxygen atoms in total. The molecule has 5 heteroatoms. The van der Waals surface area contributed by atoms with Gasteiger partial charge in [-0.25, -0.2) is 13.1 Å². The Morgan fingerprint density at radius 3 is 2.84 bits per heavy atom. The standard InChI is InChI=1S/C14H18N2O2S/c1-3-11(2)9-16-19(17,18)14-6-4-5-12-10-15-8-7-13(12)14/h4-8,10-11,16H,3,9H2,1-2H3. The third kappa shape index (κ3) is 3.11. The molecule has 2 rings (SSSR count). The average Bonchev–Trinajstić information content (AvgIpc) is 2.44. The number of hydrogen-bond acceptors (Lipinski definition) is 3. The summed E-state index contributed by atoms with van der Waals surface area (Å²) in [5.41, 5.74) is 0. The molecule has 0 saturated heterocycles. The van der Waals surface area contributed by atoms with Crippen LogP contribution in [0.25, 0.3) is 10.8 Å². The zero-order chi connectivity index (χ0) is 13.9. The van der Waals surface area contributed by atoms with E-state index in [0.717, 1.165) is 11.8 Å². The van der Waals surface area contributed by atoms with Crippen molar-refractivity contribution in [2.45, 2.75) is 25.2 Å². The second-order valence-electron chi connectivity index (χ2n) is 4.72. The molecule has 1 heterocycles. The van der Waals surface area contributed by atoms with Crippen molar-refractivity contribution in [1.29, 1.82) is 0 Å². The fourth-order valence-corrected chi connectivity index (χ4v) is 3.19. The highest BCUT2D eigenvalue weighted by Crippen LogP contribution is 2.21. The topological polar surface area (TPSA) is 59.1 Å². The molecular weight excluding hydrogens is 260 g/mol. The van der Waals surface area contributed by atoms with Crippen molar-refractivity contribution in [3.63, 3.8) is 0 Å². The molecule has 0 amide bonds. The summed E-state index contributed by atoms with van der Waals surface area (Å²) >= 11 is 0. The Hall–Kier alpha value is -1.46. The van der Waals surface area contributed by atoms with Gasteiger partial charge in [-0.3, -0.25) is 4.98 Å². The van der Waals surface area contributed by atoms with Gasteiger partial charge in [-0.05, 0) is 18.1 Å². The van der Waals surface area contributed by atoms with E-state index in [0.29, 0.717) is 22.7 Å². The van der Waals surface area contributed by atoms with E-state index in [-0.39, 0.29) is 0 Å². The lowest BCUT2D eigenvalue weighted by Crippen LogP contribution is -2.28. The third-order valence-electron chi connectivity index (χ3n) is 3.25. The summed E-state index contributed by atoms with van der Waals surface area (Å²) < 4.78 is 27.3. The van der Waals surface area contributed by atoms with Gasteiger partial charge < -0.3 is 0 Å². The molecule has 0 spiro atoms. The molecule has 102 valence electrons. The summed E-state index contributed by atoms with van der Waals surface area (Å²) in [4.78, 5) is 4.32. The first-order valence-corrected chi connectivity index (χ1v) is 7.85. The van der Waals surface area contributed by atoms with Crippen LogP contribution in [-0.4, -0.2) is 19.9 Å². The van der Waals surface area contributed by atoms with E-state index in [1.807, 2.05) is 19.9 Å². The van der Waals surface area contributed by atoms with Crippen LogP contribution in [0.2, 0.25) is 0 Å². The van der Waals surface area contributed by atoms with Gasteiger partial charge in [-0.15, -0.1) is 0 Å². The Balaban J connectivity index is 2.38. The maximum Gasteiger partial charge on any atom is 0.241 e. The largest absolute Gasteiger partial charge is 0.264 e. The number of sulfonamides is 1. The first kappa shape index (κ1) is 14.0. The lowest BCUT2D eigenvalue weighted by molar-refractivity contribution is 0.529. The highest BCUT2D eigenvalue weighted by molar-refractivity contribution is 7.89. The molecular formula is C14H18N2O2S. The average molecular weight is 278 g/mol. The van der Waals surface area contributed by atoms with Crippen molar-refractivity contribution in [2.75, 3.05) is 6.54 Å². The number of benzene rings is 1. The van der Waals surface area contributed by atoms with Gasteiger partial charge in [0.25, 0.3) is 0 Å². The zero-order valence-electron chi connectivity index (χ0n) is 11.1. The SMILES string of the molecule is CCC(C)CNS(=O)(=O)c1cccc2cnccc12. The van der Waals surface area contributed by atoms with Crippen LogP contribution in [0.5, 0.6) is 0 Å². The number of pyridine rings is 1. The van der Waals surface area contributed by atoms with Crippen molar-refractivity contribution >= 4 is 20.8 Å². The van der Waals surface area contributed by atoms with Gasteiger partial charge in [0.2, 0.25) is 10.0 Å². The quantitative estimate of drug-likeness (QED) is 0.914. The summed E-state index contributed by atoms with van der Waals surface area (Å²) in [5, 5.41) is 1.53. The molecule has 0 fully saturated rings. The fourth-order valence-electron chi connectivity index (χ4n) is 1.80. The predicted octanol–water partition coefficient (Wildman–Crippen LogP) is 2.56. The van der Waals surface area contributed by atoms with Gasteiger partial charge in [-0.1, -0.05) is 32.4 Å². The van der Waals surface area contributed by atoms with E-state index >= 15 is 0 Å². The van der Waals surface area contributed by atoms with Crippen molar-refractivity contribution in [3.8, 4) is 0 Å². The maximum atomic E-state index is 12.3. The fraction of sp³-hybridized carbons (Fsp3) is 0.357. The van der Waals surface area contributed by atoms with Crippen molar-refractivity contribution in [3.05, 3.63) is 36.7 Å². The Labute approximate surface area is 113 Å². The van der Waals surface area contributed by atoms with Gasteiger partial charge in [0.15, 0.2) is 0 Å². The molecule has 1 N–H and O–H groups in total. The molecule has 0 aliphatic heterocycles. The smallest absolute Gasteiger partial charge is 0.241 e. The minimum atomic E-state index is -3.47. The van der Waals surface area contributed by atoms with Crippen LogP contribution in [0.3, 0.4) is 0 Å². The molecule has 19 heavy (non-hydrogen) atoms. The van der Waals surface area contributed by atoms with Gasteiger partial charge in [0, 0.05) is 29.7 Å². The molecule has 0 aliphatic carbocycles. The summed E-state index contributed by atoms with van der Waals surface area (Å²) in [6.45, 7) is 4.53. The first-order valence-electron chi connectivity index (χ1n) is 6.37. The Morgan fingerprint density at radius 2 is 2.11 bits per heavy atom. The second kappa shape index (κ2) is 5.67. The van der Waals surface area contributed by atoms with Crippen LogP contribution in [0.4, 0.5) is 0 Å². The maximum absolute atomic E-state index is 12.3. The van der Waals surface area contributed by atoms with Crippen LogP contribution >= 0.6 is 0 Å². The van der Waals surface area contributed by atoms with Crippen LogP contribution in [0.15, 0.2) is 41.6 Å². The van der Waals surface area contributed by atoms with Crippen LogP contribution < -0.4 is 4.72 Å². The molecule has 0 saturated carbocycles. The van der Waals surface area contributed by atoms with Gasteiger partial charge in [0.05, 0.1) is 4.90 Å². The predicted molar refractivity (Wildman–Crippen MR) is 76.4 cm³/mol. The number of fused-ring (bicyclic) bond motifs is 1. The van der Waals surface area contributed by atoms with E-state index in [9.17, 15) is 8.42 Å². The minimum absolute atomic E-state index is 0.315. The summed E-state index contributed by atoms with van der Waals surface area (Å²) in [5.74, 6) is 0.325. The third-order valence-corrected chi connectivity index (χ3v) is 4.73. The van der Waals surface area contributed by atoms with Crippen molar-refractivity contribution < 1.29 is 8.42 Å². The second-order valence-corrected chi connectivity index (χ2v) is 6.45. The highest BCUT2D eigenvalue weighted by atomic mass is 32.2. The number of rotatable bonds is 5. The van der Waals surface area contributed by atoms with E-state index in [1.165, 1.54) is 0 Å². The van der Waals surface area contributed by atoms with E-state index in [1.54, 1.807) is 30.6 Å². The molecule has 0 aliphatic rings. The zero-order valence-corrected chi connectivity index (χ0v) is 11.9. The molecule has 1 aromatic heterocycles. The van der Waals surface area contributed by atoms with Crippen LogP contribution in [0.1, 0.15) is 20.3 Å². The minimum Gasteiger partial charge on any atom is -0.264 e. The Morgan fingerprint density at radius 1 is 1.32 bits per heavy atom. The number of nitrogens with one attached hydrogen (secondary N) is 1. The Kier molecular flexibility index (Phi) is 4.17. The summed E-state index contributed by atoms with van der Waals surface area (Å²) in [7, 11) is -3.47. The van der Waals surface area contributed by atoms with Crippen LogP contribution in [0, 0.1) is 5.92 Å². The van der Waals surface area contributed by atoms with E-state index < -0.39 is 10.0 Å². The highest BCUT2D eigenvalue weighted by Gasteiger charge is 2.17. The van der Waals surface area contributed by atoms with Gasteiger partial charge in [0.1, 0.15) is 0 Å². The molecule has 1 aromatic carbocycles. The molecule has 1 unspecified atom stereocenters. The van der Waals surface area contributed by atoms with Gasteiger partial charge in [-0.2, -0.15) is 0 Å². The van der Waals surface area contributed by atoms with Crippen molar-refractivity contribution in [1.82, 2.24) is 9.71 Å². The summed E-state index contributed by atoms with van der Waals surface area (Å²) in [6.07, 6.45) is 4.22. The molecule has 2 aromatic rings. The molecule has 0 radical (unpaired) electrons. The van der Waals surface area contributed by atoms with Crippen molar-refractivity contribution in [2.24, 2.45) is 5.92 Å². The van der Waals surface area contributed by atoms with Crippen LogP contribution in [-0.2, 0) is 10.0 Å². The van der Waals surface area contributed by atoms with Gasteiger partial charge >= 0.3 is 0 Å². The summed E-state index contributed by atoms with van der Waals surface area (Å²) in [6, 6.07) is 6.95. The number of aromatic nitrogens is 1.